The number of aromatic nitrogens is 1. The molecule has 2 rings (SSSR count). The summed E-state index contributed by atoms with van der Waals surface area (Å²) in [5, 5.41) is 12.8. The molecule has 2 aromatic rings. The summed E-state index contributed by atoms with van der Waals surface area (Å²) in [6, 6.07) is 5.90. The quantitative estimate of drug-likeness (QED) is 0.790. The number of hydrogen-bond donors (Lipinski definition) is 3. The molecule has 1 heterocycles. The van der Waals surface area contributed by atoms with E-state index < -0.39 is 11.5 Å². The third kappa shape index (κ3) is 2.91. The smallest absolute Gasteiger partial charge is 0.329 e. The van der Waals surface area contributed by atoms with E-state index in [1.165, 1.54) is 6.92 Å². The zero-order valence-corrected chi connectivity index (χ0v) is 12.5. The Balaban J connectivity index is 2.21. The van der Waals surface area contributed by atoms with Crippen molar-refractivity contribution in [1.82, 2.24) is 10.3 Å². The molecule has 0 aliphatic heterocycles. The normalized spacial score (nSPS) is 13.9. The molecule has 0 saturated carbocycles. The summed E-state index contributed by atoms with van der Waals surface area (Å²) in [7, 11) is 0. The molecule has 0 saturated heterocycles. The largest absolute Gasteiger partial charge is 0.480 e. The number of hydrogen-bond acceptors (Lipinski definition) is 2. The lowest BCUT2D eigenvalue weighted by Gasteiger charge is -2.24. The number of carboxylic acids is 1. The Labute approximate surface area is 123 Å². The van der Waals surface area contributed by atoms with E-state index in [2.05, 4.69) is 10.3 Å². The minimum Gasteiger partial charge on any atom is -0.480 e. The average Bonchev–Trinajstić information content (AvgIpc) is 2.82. The van der Waals surface area contributed by atoms with Crippen LogP contribution in [0.5, 0.6) is 0 Å². The van der Waals surface area contributed by atoms with E-state index in [0.717, 1.165) is 22.0 Å². The van der Waals surface area contributed by atoms with Gasteiger partial charge in [-0.25, -0.2) is 4.79 Å². The number of carbonyl (C=O) groups is 2. The van der Waals surface area contributed by atoms with Crippen molar-refractivity contribution in [2.75, 3.05) is 0 Å². The number of aromatic amines is 1. The number of benzene rings is 1. The van der Waals surface area contributed by atoms with Crippen LogP contribution >= 0.6 is 0 Å². The van der Waals surface area contributed by atoms with Gasteiger partial charge in [0.15, 0.2) is 0 Å². The van der Waals surface area contributed by atoms with Crippen LogP contribution in [-0.2, 0) is 16.0 Å². The molecule has 1 aromatic heterocycles. The number of fused-ring (bicyclic) bond motifs is 1. The molecule has 0 aliphatic rings. The number of nitrogens with one attached hydrogen (secondary N) is 2. The standard InChI is InChI=1S/C16H20N2O3/c1-4-16(3,15(20)21)18-13(19)8-11-9-17-12-7-5-6-10(2)14(11)12/h5-7,9,17H,4,8H2,1-3H3,(H,18,19)(H,20,21). The highest BCUT2D eigenvalue weighted by Gasteiger charge is 2.32. The van der Waals surface area contributed by atoms with E-state index in [1.54, 1.807) is 13.1 Å². The van der Waals surface area contributed by atoms with Gasteiger partial charge in [0.2, 0.25) is 5.91 Å². The summed E-state index contributed by atoms with van der Waals surface area (Å²) in [4.78, 5) is 26.5. The third-order valence-corrected chi connectivity index (χ3v) is 3.94. The fourth-order valence-corrected chi connectivity index (χ4v) is 2.41. The Morgan fingerprint density at radius 2 is 2.10 bits per heavy atom. The van der Waals surface area contributed by atoms with Crippen LogP contribution in [0.2, 0.25) is 0 Å². The SMILES string of the molecule is CCC(C)(NC(=O)Cc1c[nH]c2cccc(C)c12)C(=O)O. The molecule has 0 fully saturated rings. The number of amides is 1. The maximum atomic E-state index is 12.2. The van der Waals surface area contributed by atoms with Gasteiger partial charge >= 0.3 is 5.97 Å². The Bertz CT molecular complexity index is 690. The van der Waals surface area contributed by atoms with Gasteiger partial charge in [-0.05, 0) is 37.5 Å². The minimum atomic E-state index is -1.22. The van der Waals surface area contributed by atoms with Gasteiger partial charge in [-0.15, -0.1) is 0 Å². The monoisotopic (exact) mass is 288 g/mol. The van der Waals surface area contributed by atoms with Gasteiger partial charge in [-0.1, -0.05) is 19.1 Å². The summed E-state index contributed by atoms with van der Waals surface area (Å²) < 4.78 is 0. The summed E-state index contributed by atoms with van der Waals surface area (Å²) in [6.45, 7) is 5.25. The van der Waals surface area contributed by atoms with Gasteiger partial charge in [-0.2, -0.15) is 0 Å². The molecule has 1 unspecified atom stereocenters. The molecule has 21 heavy (non-hydrogen) atoms. The predicted molar refractivity (Wildman–Crippen MR) is 81.2 cm³/mol. The molecule has 112 valence electrons. The first-order valence-corrected chi connectivity index (χ1v) is 6.97. The Hall–Kier alpha value is -2.30. The second-order valence-corrected chi connectivity index (χ2v) is 5.53. The van der Waals surface area contributed by atoms with Crippen molar-refractivity contribution < 1.29 is 14.7 Å². The molecule has 1 aromatic carbocycles. The topological polar surface area (TPSA) is 82.2 Å². The second-order valence-electron chi connectivity index (χ2n) is 5.53. The number of aryl methyl sites for hydroxylation is 1. The second kappa shape index (κ2) is 5.60. The van der Waals surface area contributed by atoms with E-state index in [-0.39, 0.29) is 12.3 Å². The van der Waals surface area contributed by atoms with Gasteiger partial charge in [0.1, 0.15) is 5.54 Å². The molecule has 0 bridgehead atoms. The number of carboxylic acid groups (broad SMARTS) is 1. The molecule has 1 atom stereocenters. The van der Waals surface area contributed by atoms with E-state index in [1.807, 2.05) is 25.1 Å². The highest BCUT2D eigenvalue weighted by Crippen LogP contribution is 2.22. The highest BCUT2D eigenvalue weighted by molar-refractivity contribution is 5.93. The maximum absolute atomic E-state index is 12.2. The van der Waals surface area contributed by atoms with Gasteiger partial charge in [0.05, 0.1) is 6.42 Å². The lowest BCUT2D eigenvalue weighted by atomic mass is 9.98. The molecule has 5 nitrogen and oxygen atoms in total. The van der Waals surface area contributed by atoms with Crippen molar-refractivity contribution in [2.24, 2.45) is 0 Å². The third-order valence-electron chi connectivity index (χ3n) is 3.94. The highest BCUT2D eigenvalue weighted by atomic mass is 16.4. The van der Waals surface area contributed by atoms with Crippen molar-refractivity contribution in [3.05, 3.63) is 35.5 Å². The first kappa shape index (κ1) is 15.1. The molecule has 0 aliphatic carbocycles. The summed E-state index contributed by atoms with van der Waals surface area (Å²) in [5.41, 5.74) is 1.73. The lowest BCUT2D eigenvalue weighted by molar-refractivity contribution is -0.146. The van der Waals surface area contributed by atoms with Crippen LogP contribution in [0.25, 0.3) is 10.9 Å². The van der Waals surface area contributed by atoms with Crippen LogP contribution in [0.4, 0.5) is 0 Å². The van der Waals surface area contributed by atoms with Gasteiger partial charge < -0.3 is 15.4 Å². The number of rotatable bonds is 5. The van der Waals surface area contributed by atoms with Crippen LogP contribution in [0.3, 0.4) is 0 Å². The predicted octanol–water partition coefficient (Wildman–Crippen LogP) is 2.39. The van der Waals surface area contributed by atoms with E-state index in [4.69, 9.17) is 0 Å². The zero-order valence-electron chi connectivity index (χ0n) is 12.5. The van der Waals surface area contributed by atoms with Crippen molar-refractivity contribution >= 4 is 22.8 Å². The first-order valence-electron chi connectivity index (χ1n) is 6.97. The Morgan fingerprint density at radius 1 is 1.38 bits per heavy atom. The molecule has 1 amide bonds. The lowest BCUT2D eigenvalue weighted by Crippen LogP contribution is -2.52. The van der Waals surface area contributed by atoms with Crippen LogP contribution in [0, 0.1) is 6.92 Å². The van der Waals surface area contributed by atoms with Crippen molar-refractivity contribution in [3.8, 4) is 0 Å². The van der Waals surface area contributed by atoms with Crippen LogP contribution < -0.4 is 5.32 Å². The van der Waals surface area contributed by atoms with E-state index in [9.17, 15) is 14.7 Å². The summed E-state index contributed by atoms with van der Waals surface area (Å²) in [6.07, 6.45) is 2.30. The number of H-pyrrole nitrogens is 1. The van der Waals surface area contributed by atoms with E-state index >= 15 is 0 Å². The van der Waals surface area contributed by atoms with Crippen molar-refractivity contribution in [1.29, 1.82) is 0 Å². The average molecular weight is 288 g/mol. The fraction of sp³-hybridized carbons (Fsp3) is 0.375. The molecule has 5 heteroatoms. The Morgan fingerprint density at radius 3 is 2.71 bits per heavy atom. The van der Waals surface area contributed by atoms with Crippen molar-refractivity contribution in [3.63, 3.8) is 0 Å². The fourth-order valence-electron chi connectivity index (χ4n) is 2.41. The van der Waals surface area contributed by atoms with Gasteiger partial charge in [-0.3, -0.25) is 4.79 Å². The molecular formula is C16H20N2O3. The molecule has 0 spiro atoms. The summed E-state index contributed by atoms with van der Waals surface area (Å²) >= 11 is 0. The van der Waals surface area contributed by atoms with Crippen LogP contribution in [0.1, 0.15) is 31.4 Å². The van der Waals surface area contributed by atoms with Crippen molar-refractivity contribution in [2.45, 2.75) is 39.2 Å². The molecule has 3 N–H and O–H groups in total. The summed E-state index contributed by atoms with van der Waals surface area (Å²) in [5.74, 6) is -1.31. The van der Waals surface area contributed by atoms with Gasteiger partial charge in [0.25, 0.3) is 0 Å². The Kier molecular flexibility index (Phi) is 4.02. The van der Waals surface area contributed by atoms with Gasteiger partial charge in [0, 0.05) is 17.1 Å². The number of aliphatic carboxylic acids is 1. The zero-order chi connectivity index (χ0) is 15.6. The minimum absolute atomic E-state index is 0.160. The van der Waals surface area contributed by atoms with Crippen LogP contribution in [0.15, 0.2) is 24.4 Å². The number of carbonyl (C=O) groups excluding carboxylic acids is 1. The first-order chi connectivity index (χ1) is 9.87. The maximum Gasteiger partial charge on any atom is 0.329 e. The van der Waals surface area contributed by atoms with E-state index in [0.29, 0.717) is 6.42 Å². The molecule has 0 radical (unpaired) electrons. The van der Waals surface area contributed by atoms with Crippen LogP contribution in [-0.4, -0.2) is 27.5 Å². The molecular weight excluding hydrogens is 268 g/mol.